The molecule has 1 aliphatic heterocycles. The monoisotopic (exact) mass is 258 g/mol. The van der Waals surface area contributed by atoms with Gasteiger partial charge in [-0.25, -0.2) is 4.39 Å². The minimum Gasteiger partial charge on any atom is -0.337 e. The predicted octanol–water partition coefficient (Wildman–Crippen LogP) is 1.68. The van der Waals surface area contributed by atoms with Gasteiger partial charge in [-0.2, -0.15) is 0 Å². The van der Waals surface area contributed by atoms with Gasteiger partial charge in [-0.05, 0) is 31.2 Å². The third-order valence-corrected chi connectivity index (χ3v) is 2.97. The van der Waals surface area contributed by atoms with Crippen LogP contribution >= 0.6 is 12.4 Å². The lowest BCUT2D eigenvalue weighted by Gasteiger charge is -2.23. The lowest BCUT2D eigenvalue weighted by atomic mass is 10.1. The van der Waals surface area contributed by atoms with Crippen molar-refractivity contribution in [2.75, 3.05) is 20.1 Å². The fraction of sp³-hybridized carbons (Fsp3) is 0.417. The molecule has 94 valence electrons. The van der Waals surface area contributed by atoms with Crippen molar-refractivity contribution in [3.8, 4) is 0 Å². The second-order valence-electron chi connectivity index (χ2n) is 4.07. The molecule has 1 heterocycles. The number of likely N-dealkylation sites (N-methyl/N-ethyl adjacent to an activating group) is 1. The predicted molar refractivity (Wildman–Crippen MR) is 67.0 cm³/mol. The summed E-state index contributed by atoms with van der Waals surface area (Å²) in [5.74, 6) is -0.489. The summed E-state index contributed by atoms with van der Waals surface area (Å²) < 4.78 is 13.0. The molecule has 1 aromatic rings. The summed E-state index contributed by atoms with van der Waals surface area (Å²) in [5, 5.41) is 3.20. The van der Waals surface area contributed by atoms with Crippen molar-refractivity contribution in [1.29, 1.82) is 0 Å². The number of hydrogen-bond donors (Lipinski definition) is 1. The normalized spacial score (nSPS) is 18.6. The van der Waals surface area contributed by atoms with E-state index in [0.717, 1.165) is 19.5 Å². The summed E-state index contributed by atoms with van der Waals surface area (Å²) in [4.78, 5) is 13.7. The maximum absolute atomic E-state index is 13.0. The van der Waals surface area contributed by atoms with Crippen molar-refractivity contribution in [2.24, 2.45) is 0 Å². The topological polar surface area (TPSA) is 32.3 Å². The summed E-state index contributed by atoms with van der Waals surface area (Å²) in [7, 11) is 1.77. The van der Waals surface area contributed by atoms with Gasteiger partial charge < -0.3 is 10.2 Å². The van der Waals surface area contributed by atoms with Crippen LogP contribution < -0.4 is 5.32 Å². The Hall–Kier alpha value is -1.13. The Labute approximate surface area is 106 Å². The van der Waals surface area contributed by atoms with Crippen LogP contribution in [-0.2, 0) is 0 Å². The molecule has 1 fully saturated rings. The van der Waals surface area contributed by atoms with Gasteiger partial charge in [-0.1, -0.05) is 6.07 Å². The van der Waals surface area contributed by atoms with Gasteiger partial charge in [0.25, 0.3) is 5.91 Å². The molecule has 0 bridgehead atoms. The van der Waals surface area contributed by atoms with Gasteiger partial charge in [0.15, 0.2) is 0 Å². The molecule has 1 N–H and O–H groups in total. The number of nitrogens with one attached hydrogen (secondary N) is 1. The highest BCUT2D eigenvalue weighted by molar-refractivity contribution is 5.94. The second-order valence-corrected chi connectivity index (χ2v) is 4.07. The third kappa shape index (κ3) is 3.17. The molecule has 1 amide bonds. The number of carbonyl (C=O) groups is 1. The summed E-state index contributed by atoms with van der Waals surface area (Å²) in [6.07, 6.45) is 0.956. The Kier molecular flexibility index (Phi) is 4.90. The van der Waals surface area contributed by atoms with Crippen molar-refractivity contribution in [2.45, 2.75) is 12.5 Å². The summed E-state index contributed by atoms with van der Waals surface area (Å²) in [6, 6.07) is 6.04. The molecule has 17 heavy (non-hydrogen) atoms. The Morgan fingerprint density at radius 1 is 1.53 bits per heavy atom. The van der Waals surface area contributed by atoms with E-state index in [9.17, 15) is 9.18 Å². The van der Waals surface area contributed by atoms with Crippen molar-refractivity contribution < 1.29 is 9.18 Å². The minimum atomic E-state index is -0.371. The second kappa shape index (κ2) is 5.98. The number of carbonyl (C=O) groups excluding carboxylic acids is 1. The number of benzene rings is 1. The molecule has 5 heteroatoms. The number of nitrogens with zero attached hydrogens (tertiary/aromatic N) is 1. The number of rotatable bonds is 2. The van der Waals surface area contributed by atoms with E-state index in [4.69, 9.17) is 0 Å². The van der Waals surface area contributed by atoms with Crippen LogP contribution in [0.1, 0.15) is 16.8 Å². The Bertz CT molecular complexity index is 394. The molecule has 1 aliphatic rings. The highest BCUT2D eigenvalue weighted by Crippen LogP contribution is 2.12. The Morgan fingerprint density at radius 2 is 2.29 bits per heavy atom. The van der Waals surface area contributed by atoms with E-state index in [1.807, 2.05) is 0 Å². The Morgan fingerprint density at radius 3 is 2.88 bits per heavy atom. The van der Waals surface area contributed by atoms with Crippen molar-refractivity contribution in [3.05, 3.63) is 35.6 Å². The van der Waals surface area contributed by atoms with E-state index >= 15 is 0 Å². The van der Waals surface area contributed by atoms with E-state index in [1.165, 1.54) is 12.1 Å². The molecular weight excluding hydrogens is 243 g/mol. The minimum absolute atomic E-state index is 0. The zero-order valence-electron chi connectivity index (χ0n) is 9.65. The average molecular weight is 259 g/mol. The van der Waals surface area contributed by atoms with Crippen LogP contribution in [0.4, 0.5) is 4.39 Å². The van der Waals surface area contributed by atoms with Gasteiger partial charge in [0.1, 0.15) is 5.82 Å². The molecule has 1 saturated heterocycles. The van der Waals surface area contributed by atoms with Crippen LogP contribution in [0.15, 0.2) is 24.3 Å². The maximum Gasteiger partial charge on any atom is 0.253 e. The molecule has 3 nitrogen and oxygen atoms in total. The molecule has 0 unspecified atom stereocenters. The van der Waals surface area contributed by atoms with Crippen LogP contribution in [0.3, 0.4) is 0 Å². The van der Waals surface area contributed by atoms with Gasteiger partial charge in [0.05, 0.1) is 0 Å². The van der Waals surface area contributed by atoms with Gasteiger partial charge in [0, 0.05) is 25.2 Å². The average Bonchev–Trinajstić information content (AvgIpc) is 2.80. The quantitative estimate of drug-likeness (QED) is 0.876. The first-order valence-corrected chi connectivity index (χ1v) is 5.42. The molecule has 0 spiro atoms. The van der Waals surface area contributed by atoms with Gasteiger partial charge >= 0.3 is 0 Å². The fourth-order valence-corrected chi connectivity index (χ4v) is 1.96. The zero-order chi connectivity index (χ0) is 11.5. The highest BCUT2D eigenvalue weighted by Gasteiger charge is 2.23. The standard InChI is InChI=1S/C12H15FN2O.ClH/c1-15(11-5-6-14-8-11)12(16)9-3-2-4-10(13)7-9;/h2-4,7,11,14H,5-6,8H2,1H3;1H/t11-;/m0./s1. The maximum atomic E-state index is 13.0. The largest absolute Gasteiger partial charge is 0.337 e. The first-order valence-electron chi connectivity index (χ1n) is 5.42. The van der Waals surface area contributed by atoms with Crippen LogP contribution in [0.2, 0.25) is 0 Å². The van der Waals surface area contributed by atoms with E-state index in [2.05, 4.69) is 5.32 Å². The fourth-order valence-electron chi connectivity index (χ4n) is 1.96. The zero-order valence-corrected chi connectivity index (χ0v) is 10.5. The Balaban J connectivity index is 0.00000144. The van der Waals surface area contributed by atoms with Crippen LogP contribution in [0.5, 0.6) is 0 Å². The first-order chi connectivity index (χ1) is 7.68. The lowest BCUT2D eigenvalue weighted by Crippen LogP contribution is -2.38. The smallest absolute Gasteiger partial charge is 0.253 e. The van der Waals surface area contributed by atoms with Crippen molar-refractivity contribution in [3.63, 3.8) is 0 Å². The van der Waals surface area contributed by atoms with Gasteiger partial charge in [-0.3, -0.25) is 4.79 Å². The van der Waals surface area contributed by atoms with Crippen molar-refractivity contribution in [1.82, 2.24) is 10.2 Å². The third-order valence-electron chi connectivity index (χ3n) is 2.97. The molecule has 1 aromatic carbocycles. The molecule has 1 atom stereocenters. The van der Waals surface area contributed by atoms with E-state index in [0.29, 0.717) is 5.56 Å². The highest BCUT2D eigenvalue weighted by atomic mass is 35.5. The summed E-state index contributed by atoms with van der Waals surface area (Å²) in [6.45, 7) is 1.75. The van der Waals surface area contributed by atoms with Crippen molar-refractivity contribution >= 4 is 18.3 Å². The first kappa shape index (κ1) is 13.9. The molecule has 2 rings (SSSR count). The van der Waals surface area contributed by atoms with Crippen LogP contribution in [0, 0.1) is 5.82 Å². The molecule has 0 saturated carbocycles. The van der Waals surface area contributed by atoms with Crippen LogP contribution in [-0.4, -0.2) is 37.0 Å². The lowest BCUT2D eigenvalue weighted by molar-refractivity contribution is 0.0743. The van der Waals surface area contributed by atoms with Crippen LogP contribution in [0.25, 0.3) is 0 Å². The number of hydrogen-bond acceptors (Lipinski definition) is 2. The molecule has 0 radical (unpaired) electrons. The summed E-state index contributed by atoms with van der Waals surface area (Å²) >= 11 is 0. The van der Waals surface area contributed by atoms with E-state index < -0.39 is 0 Å². The number of halogens is 2. The molecule has 0 aromatic heterocycles. The van der Waals surface area contributed by atoms with E-state index in [1.54, 1.807) is 24.1 Å². The molecular formula is C12H16ClFN2O. The van der Waals surface area contributed by atoms with Gasteiger partial charge in [-0.15, -0.1) is 12.4 Å². The SMILES string of the molecule is CN(C(=O)c1cccc(F)c1)[C@H]1CCNC1.Cl. The van der Waals surface area contributed by atoms with Gasteiger partial charge in [0.2, 0.25) is 0 Å². The van der Waals surface area contributed by atoms with E-state index in [-0.39, 0.29) is 30.2 Å². The number of amides is 1. The summed E-state index contributed by atoms with van der Waals surface area (Å²) in [5.41, 5.74) is 0.411. The molecule has 0 aliphatic carbocycles.